The number of ether oxygens (including phenoxy) is 1. The predicted molar refractivity (Wildman–Crippen MR) is 70.2 cm³/mol. The molecule has 5 heteroatoms. The third kappa shape index (κ3) is 3.43. The average Bonchev–Trinajstić information content (AvgIpc) is 2.34. The Morgan fingerprint density at radius 3 is 2.78 bits per heavy atom. The van der Waals surface area contributed by atoms with E-state index in [-0.39, 0.29) is 12.0 Å². The number of piperidine rings is 1. The largest absolute Gasteiger partial charge is 0.375 e. The fourth-order valence-corrected chi connectivity index (χ4v) is 2.73. The number of hydrogen-bond donors (Lipinski definition) is 1. The van der Waals surface area contributed by atoms with Gasteiger partial charge in [-0.25, -0.2) is 0 Å². The first-order chi connectivity index (χ1) is 8.56. The highest BCUT2D eigenvalue weighted by Gasteiger charge is 2.27. The van der Waals surface area contributed by atoms with Gasteiger partial charge in [0.05, 0.1) is 19.3 Å². The van der Waals surface area contributed by atoms with Crippen molar-refractivity contribution in [3.8, 4) is 0 Å². The van der Waals surface area contributed by atoms with Crippen molar-refractivity contribution in [2.75, 3.05) is 39.3 Å². The van der Waals surface area contributed by atoms with E-state index in [1.54, 1.807) is 0 Å². The van der Waals surface area contributed by atoms with E-state index in [1.165, 1.54) is 0 Å². The van der Waals surface area contributed by atoms with Crippen LogP contribution in [0.25, 0.3) is 0 Å². The Bertz CT molecular complexity index is 298. The van der Waals surface area contributed by atoms with E-state index in [1.807, 2.05) is 11.8 Å². The molecule has 2 heterocycles. The molecule has 2 N–H and O–H groups in total. The fraction of sp³-hybridized carbons (Fsp3) is 0.923. The molecule has 2 aliphatic rings. The van der Waals surface area contributed by atoms with Crippen LogP contribution in [-0.4, -0.2) is 67.2 Å². The first-order valence-corrected chi connectivity index (χ1v) is 6.93. The van der Waals surface area contributed by atoms with Crippen LogP contribution in [0.4, 0.5) is 0 Å². The summed E-state index contributed by atoms with van der Waals surface area (Å²) in [5.74, 6) is 0.711. The molecule has 0 aliphatic carbocycles. The van der Waals surface area contributed by atoms with Crippen molar-refractivity contribution in [1.29, 1.82) is 0 Å². The summed E-state index contributed by atoms with van der Waals surface area (Å²) in [6.45, 7) is 8.70. The highest BCUT2D eigenvalue weighted by molar-refractivity contribution is 5.78. The number of carbonyl (C=O) groups excluding carboxylic acids is 1. The molecule has 0 bridgehead atoms. The Labute approximate surface area is 109 Å². The first kappa shape index (κ1) is 13.8. The van der Waals surface area contributed by atoms with Gasteiger partial charge in [0.1, 0.15) is 0 Å². The van der Waals surface area contributed by atoms with Gasteiger partial charge >= 0.3 is 0 Å². The second-order valence-electron chi connectivity index (χ2n) is 5.69. The number of morpholine rings is 1. The van der Waals surface area contributed by atoms with Crippen LogP contribution in [-0.2, 0) is 9.53 Å². The topological polar surface area (TPSA) is 58.8 Å². The summed E-state index contributed by atoms with van der Waals surface area (Å²) in [6, 6.07) is 0.291. The molecule has 2 rings (SSSR count). The Morgan fingerprint density at radius 1 is 1.33 bits per heavy atom. The molecule has 0 radical (unpaired) electrons. The molecule has 0 aromatic carbocycles. The maximum absolute atomic E-state index is 12.2. The van der Waals surface area contributed by atoms with Gasteiger partial charge in [0.2, 0.25) is 5.91 Å². The smallest absolute Gasteiger partial charge is 0.236 e. The van der Waals surface area contributed by atoms with Crippen molar-refractivity contribution < 1.29 is 9.53 Å². The molecule has 3 unspecified atom stereocenters. The van der Waals surface area contributed by atoms with Gasteiger partial charge in [-0.3, -0.25) is 9.69 Å². The van der Waals surface area contributed by atoms with Gasteiger partial charge in [-0.15, -0.1) is 0 Å². The molecule has 5 nitrogen and oxygen atoms in total. The van der Waals surface area contributed by atoms with E-state index < -0.39 is 0 Å². The van der Waals surface area contributed by atoms with Crippen molar-refractivity contribution in [2.24, 2.45) is 11.7 Å². The van der Waals surface area contributed by atoms with Gasteiger partial charge in [-0.2, -0.15) is 0 Å². The molecular weight excluding hydrogens is 230 g/mol. The molecule has 3 atom stereocenters. The van der Waals surface area contributed by atoms with Crippen molar-refractivity contribution in [1.82, 2.24) is 9.80 Å². The minimum Gasteiger partial charge on any atom is -0.375 e. The molecule has 0 aromatic heterocycles. The molecule has 2 saturated heterocycles. The highest BCUT2D eigenvalue weighted by atomic mass is 16.5. The Hall–Kier alpha value is -0.650. The van der Waals surface area contributed by atoms with Crippen LogP contribution in [0.1, 0.15) is 20.3 Å². The predicted octanol–water partition coefficient (Wildman–Crippen LogP) is -0.0972. The SMILES string of the molecule is CC1CN(C(=O)CN2CCC(N)C(C)C2)CCO1. The first-order valence-electron chi connectivity index (χ1n) is 6.93. The minimum absolute atomic E-state index is 0.163. The quantitative estimate of drug-likeness (QED) is 0.749. The monoisotopic (exact) mass is 255 g/mol. The molecule has 2 fully saturated rings. The number of nitrogens with two attached hydrogens (primary N) is 1. The van der Waals surface area contributed by atoms with Crippen molar-refractivity contribution in [2.45, 2.75) is 32.4 Å². The number of amides is 1. The third-order valence-corrected chi connectivity index (χ3v) is 4.01. The van der Waals surface area contributed by atoms with Crippen LogP contribution in [0.15, 0.2) is 0 Å². The zero-order valence-corrected chi connectivity index (χ0v) is 11.5. The van der Waals surface area contributed by atoms with Crippen LogP contribution in [0.3, 0.4) is 0 Å². The molecular formula is C13H25N3O2. The van der Waals surface area contributed by atoms with Crippen LogP contribution >= 0.6 is 0 Å². The number of carbonyl (C=O) groups is 1. The number of likely N-dealkylation sites (tertiary alicyclic amines) is 1. The summed E-state index contributed by atoms with van der Waals surface area (Å²) in [5.41, 5.74) is 5.99. The summed E-state index contributed by atoms with van der Waals surface area (Å²) in [5, 5.41) is 0. The van der Waals surface area contributed by atoms with Gasteiger partial charge < -0.3 is 15.4 Å². The zero-order chi connectivity index (χ0) is 13.1. The van der Waals surface area contributed by atoms with Crippen LogP contribution in [0.2, 0.25) is 0 Å². The zero-order valence-electron chi connectivity index (χ0n) is 11.5. The fourth-order valence-electron chi connectivity index (χ4n) is 2.73. The normalized spacial score (nSPS) is 34.6. The highest BCUT2D eigenvalue weighted by Crippen LogP contribution is 2.15. The Kier molecular flexibility index (Phi) is 4.59. The van der Waals surface area contributed by atoms with Crippen molar-refractivity contribution >= 4 is 5.91 Å². The van der Waals surface area contributed by atoms with Gasteiger partial charge in [0.15, 0.2) is 0 Å². The lowest BCUT2D eigenvalue weighted by atomic mass is 9.95. The van der Waals surface area contributed by atoms with E-state index in [9.17, 15) is 4.79 Å². The summed E-state index contributed by atoms with van der Waals surface area (Å²) >= 11 is 0. The summed E-state index contributed by atoms with van der Waals surface area (Å²) in [6.07, 6.45) is 1.16. The molecule has 2 aliphatic heterocycles. The molecule has 1 amide bonds. The van der Waals surface area contributed by atoms with E-state index in [0.29, 0.717) is 25.1 Å². The molecule has 0 spiro atoms. The maximum Gasteiger partial charge on any atom is 0.236 e. The van der Waals surface area contributed by atoms with Gasteiger partial charge in [0, 0.05) is 32.2 Å². The maximum atomic E-state index is 12.2. The number of hydrogen-bond acceptors (Lipinski definition) is 4. The molecule has 0 aromatic rings. The van der Waals surface area contributed by atoms with Gasteiger partial charge in [0.25, 0.3) is 0 Å². The van der Waals surface area contributed by atoms with Crippen molar-refractivity contribution in [3.05, 3.63) is 0 Å². The summed E-state index contributed by atoms with van der Waals surface area (Å²) < 4.78 is 5.46. The molecule has 18 heavy (non-hydrogen) atoms. The lowest BCUT2D eigenvalue weighted by Crippen LogP contribution is -2.52. The van der Waals surface area contributed by atoms with Crippen molar-refractivity contribution in [3.63, 3.8) is 0 Å². The van der Waals surface area contributed by atoms with E-state index in [0.717, 1.165) is 32.6 Å². The lowest BCUT2D eigenvalue weighted by Gasteiger charge is -2.37. The molecule has 0 saturated carbocycles. The summed E-state index contributed by atoms with van der Waals surface area (Å²) in [7, 11) is 0. The van der Waals surface area contributed by atoms with Crippen LogP contribution in [0.5, 0.6) is 0 Å². The van der Waals surface area contributed by atoms with E-state index in [2.05, 4.69) is 11.8 Å². The van der Waals surface area contributed by atoms with Gasteiger partial charge in [-0.05, 0) is 19.3 Å². The van der Waals surface area contributed by atoms with Crippen LogP contribution < -0.4 is 5.73 Å². The van der Waals surface area contributed by atoms with E-state index >= 15 is 0 Å². The average molecular weight is 255 g/mol. The molecule has 104 valence electrons. The number of nitrogens with zero attached hydrogens (tertiary/aromatic N) is 2. The van der Waals surface area contributed by atoms with E-state index in [4.69, 9.17) is 10.5 Å². The second-order valence-corrected chi connectivity index (χ2v) is 5.69. The minimum atomic E-state index is 0.163. The van der Waals surface area contributed by atoms with Crippen LogP contribution in [0, 0.1) is 5.92 Å². The summed E-state index contributed by atoms with van der Waals surface area (Å²) in [4.78, 5) is 16.4. The Morgan fingerprint density at radius 2 is 2.11 bits per heavy atom. The van der Waals surface area contributed by atoms with Gasteiger partial charge in [-0.1, -0.05) is 6.92 Å². The second kappa shape index (κ2) is 5.99. The standard InChI is InChI=1S/C13H25N3O2/c1-10-7-15(4-3-12(10)14)9-13(17)16-5-6-18-11(2)8-16/h10-12H,3-9,14H2,1-2H3. The Balaban J connectivity index is 1.80. The lowest BCUT2D eigenvalue weighted by molar-refractivity contribution is -0.139. The number of rotatable bonds is 2. The third-order valence-electron chi connectivity index (χ3n) is 4.01.